The van der Waals surface area contributed by atoms with Gasteiger partial charge in [0.05, 0.1) is 0 Å². The maximum atomic E-state index is 5.13. The highest BCUT2D eigenvalue weighted by molar-refractivity contribution is 5.90. The summed E-state index contributed by atoms with van der Waals surface area (Å²) < 4.78 is 0. The first-order valence-corrected chi connectivity index (χ1v) is 18.9. The van der Waals surface area contributed by atoms with E-state index in [4.69, 9.17) is 15.0 Å². The summed E-state index contributed by atoms with van der Waals surface area (Å²) in [5, 5.41) is 4.92. The van der Waals surface area contributed by atoms with Gasteiger partial charge in [0.1, 0.15) is 0 Å². The Bertz CT molecular complexity index is 2830. The summed E-state index contributed by atoms with van der Waals surface area (Å²) in [5.41, 5.74) is 11.9. The van der Waals surface area contributed by atoms with Gasteiger partial charge in [-0.05, 0) is 109 Å². The fourth-order valence-electron chi connectivity index (χ4n) is 7.52. The minimum absolute atomic E-state index is 0.622. The van der Waals surface area contributed by atoms with Crippen LogP contribution in [0, 0.1) is 0 Å². The quantitative estimate of drug-likeness (QED) is 0.165. The summed E-state index contributed by atoms with van der Waals surface area (Å²) in [6.07, 6.45) is 0. The Morgan fingerprint density at radius 3 is 0.929 bits per heavy atom. The Balaban J connectivity index is 1.15. The van der Waals surface area contributed by atoms with Crippen molar-refractivity contribution in [1.82, 2.24) is 15.0 Å². The van der Waals surface area contributed by atoms with Crippen molar-refractivity contribution in [2.24, 2.45) is 0 Å². The van der Waals surface area contributed by atoms with E-state index in [0.717, 1.165) is 50.1 Å². The van der Waals surface area contributed by atoms with Crippen molar-refractivity contribution >= 4 is 21.5 Å². The molecule has 10 aromatic rings. The highest BCUT2D eigenvalue weighted by atomic mass is 15.0. The first-order chi connectivity index (χ1) is 27.7. The van der Waals surface area contributed by atoms with Crippen LogP contribution < -0.4 is 0 Å². The van der Waals surface area contributed by atoms with Crippen LogP contribution in [0.3, 0.4) is 0 Å². The fourth-order valence-corrected chi connectivity index (χ4v) is 7.52. The van der Waals surface area contributed by atoms with E-state index in [1.165, 1.54) is 32.7 Å². The summed E-state index contributed by atoms with van der Waals surface area (Å²) in [5.74, 6) is 1.90. The second kappa shape index (κ2) is 14.4. The molecule has 0 saturated heterocycles. The number of fused-ring (bicyclic) bond motifs is 2. The summed E-state index contributed by atoms with van der Waals surface area (Å²) in [6.45, 7) is 0. The van der Waals surface area contributed by atoms with Crippen LogP contribution in [0.4, 0.5) is 0 Å². The standard InChI is InChI=1S/C53H35N3/c1-3-15-38(16-4-1)51-54-52(39-17-5-2-6-18-39)56-53(55-51)50-34-48(44-23-11-21-42(31-44)46-27-25-36-13-7-9-19-40(36)29-46)33-49(35-50)45-24-12-22-43(32-45)47-28-26-37-14-8-10-20-41(37)30-47/h1-35H. The van der Waals surface area contributed by atoms with Gasteiger partial charge in [0, 0.05) is 16.7 Å². The molecule has 0 aliphatic rings. The Labute approximate surface area is 326 Å². The SMILES string of the molecule is c1ccc(-c2nc(-c3ccccc3)nc(-c3cc(-c4cccc(-c5ccc6ccccc6c5)c4)cc(-c4cccc(-c5ccc6ccccc6c5)c4)c3)n2)cc1. The van der Waals surface area contributed by atoms with Gasteiger partial charge in [0.25, 0.3) is 0 Å². The molecule has 0 bridgehead atoms. The lowest BCUT2D eigenvalue weighted by Crippen LogP contribution is -2.00. The molecule has 1 aromatic heterocycles. The largest absolute Gasteiger partial charge is 0.208 e. The molecule has 0 spiro atoms. The first kappa shape index (κ1) is 33.1. The molecule has 9 aromatic carbocycles. The van der Waals surface area contributed by atoms with Crippen LogP contribution in [0.2, 0.25) is 0 Å². The molecule has 56 heavy (non-hydrogen) atoms. The van der Waals surface area contributed by atoms with E-state index in [2.05, 4.69) is 152 Å². The zero-order valence-electron chi connectivity index (χ0n) is 30.5. The van der Waals surface area contributed by atoms with Crippen molar-refractivity contribution in [3.05, 3.63) is 212 Å². The minimum Gasteiger partial charge on any atom is -0.208 e. The van der Waals surface area contributed by atoms with Crippen molar-refractivity contribution in [3.8, 4) is 78.7 Å². The molecule has 10 rings (SSSR count). The monoisotopic (exact) mass is 713 g/mol. The van der Waals surface area contributed by atoms with E-state index in [9.17, 15) is 0 Å². The third-order valence-corrected chi connectivity index (χ3v) is 10.4. The van der Waals surface area contributed by atoms with Gasteiger partial charge in [-0.2, -0.15) is 0 Å². The van der Waals surface area contributed by atoms with Crippen molar-refractivity contribution in [1.29, 1.82) is 0 Å². The summed E-state index contributed by atoms with van der Waals surface area (Å²) in [4.78, 5) is 15.2. The zero-order valence-corrected chi connectivity index (χ0v) is 30.5. The molecular formula is C53H35N3. The molecule has 0 radical (unpaired) electrons. The molecule has 262 valence electrons. The average molecular weight is 714 g/mol. The van der Waals surface area contributed by atoms with Gasteiger partial charge in [-0.1, -0.05) is 170 Å². The van der Waals surface area contributed by atoms with E-state index >= 15 is 0 Å². The van der Waals surface area contributed by atoms with Crippen molar-refractivity contribution in [2.75, 3.05) is 0 Å². The third kappa shape index (κ3) is 6.63. The van der Waals surface area contributed by atoms with Crippen molar-refractivity contribution in [2.45, 2.75) is 0 Å². The van der Waals surface area contributed by atoms with Crippen molar-refractivity contribution in [3.63, 3.8) is 0 Å². The summed E-state index contributed by atoms with van der Waals surface area (Å²) in [6, 6.07) is 75.1. The maximum absolute atomic E-state index is 5.13. The van der Waals surface area contributed by atoms with E-state index < -0.39 is 0 Å². The van der Waals surface area contributed by atoms with E-state index in [0.29, 0.717) is 17.5 Å². The molecule has 1 heterocycles. The van der Waals surface area contributed by atoms with Crippen LogP contribution >= 0.6 is 0 Å². The zero-order chi connectivity index (χ0) is 37.3. The van der Waals surface area contributed by atoms with Gasteiger partial charge in [0.2, 0.25) is 0 Å². The number of hydrogen-bond donors (Lipinski definition) is 0. The van der Waals surface area contributed by atoms with Crippen LogP contribution in [0.25, 0.3) is 100 Å². The second-order valence-corrected chi connectivity index (χ2v) is 14.1. The lowest BCUT2D eigenvalue weighted by atomic mass is 9.92. The second-order valence-electron chi connectivity index (χ2n) is 14.1. The molecule has 3 heteroatoms. The Kier molecular flexibility index (Phi) is 8.51. The van der Waals surface area contributed by atoms with Crippen LogP contribution in [-0.2, 0) is 0 Å². The molecule has 0 aliphatic carbocycles. The van der Waals surface area contributed by atoms with Gasteiger partial charge in [-0.3, -0.25) is 0 Å². The molecule has 0 N–H and O–H groups in total. The number of nitrogens with zero attached hydrogens (tertiary/aromatic N) is 3. The lowest BCUT2D eigenvalue weighted by Gasteiger charge is -2.14. The average Bonchev–Trinajstić information content (AvgIpc) is 3.29. The molecule has 0 atom stereocenters. The van der Waals surface area contributed by atoms with Gasteiger partial charge >= 0.3 is 0 Å². The maximum Gasteiger partial charge on any atom is 0.164 e. The van der Waals surface area contributed by atoms with Gasteiger partial charge < -0.3 is 0 Å². The van der Waals surface area contributed by atoms with Crippen LogP contribution in [-0.4, -0.2) is 15.0 Å². The molecule has 0 saturated carbocycles. The topological polar surface area (TPSA) is 38.7 Å². The Hall–Kier alpha value is -7.49. The smallest absolute Gasteiger partial charge is 0.164 e. The number of benzene rings is 9. The predicted octanol–water partition coefficient (Wildman–Crippen LogP) is 13.8. The number of aromatic nitrogens is 3. The highest BCUT2D eigenvalue weighted by Crippen LogP contribution is 2.37. The van der Waals surface area contributed by atoms with E-state index in [1.54, 1.807) is 0 Å². The Morgan fingerprint density at radius 2 is 0.482 bits per heavy atom. The molecule has 0 fully saturated rings. The number of rotatable bonds is 7. The van der Waals surface area contributed by atoms with Gasteiger partial charge in [-0.25, -0.2) is 15.0 Å². The highest BCUT2D eigenvalue weighted by Gasteiger charge is 2.16. The molecular weight excluding hydrogens is 679 g/mol. The van der Waals surface area contributed by atoms with E-state index in [-0.39, 0.29) is 0 Å². The van der Waals surface area contributed by atoms with Crippen LogP contribution in [0.15, 0.2) is 212 Å². The third-order valence-electron chi connectivity index (χ3n) is 10.4. The fraction of sp³-hybridized carbons (Fsp3) is 0. The van der Waals surface area contributed by atoms with Gasteiger partial charge in [-0.15, -0.1) is 0 Å². The van der Waals surface area contributed by atoms with Crippen molar-refractivity contribution < 1.29 is 0 Å². The molecule has 0 aliphatic heterocycles. The Morgan fingerprint density at radius 1 is 0.179 bits per heavy atom. The minimum atomic E-state index is 0.622. The summed E-state index contributed by atoms with van der Waals surface area (Å²) in [7, 11) is 0. The molecule has 3 nitrogen and oxygen atoms in total. The first-order valence-electron chi connectivity index (χ1n) is 18.9. The molecule has 0 amide bonds. The van der Waals surface area contributed by atoms with Crippen LogP contribution in [0.1, 0.15) is 0 Å². The summed E-state index contributed by atoms with van der Waals surface area (Å²) >= 11 is 0. The van der Waals surface area contributed by atoms with Gasteiger partial charge in [0.15, 0.2) is 17.5 Å². The molecule has 0 unspecified atom stereocenters. The lowest BCUT2D eigenvalue weighted by molar-refractivity contribution is 1.07. The van der Waals surface area contributed by atoms with E-state index in [1.807, 2.05) is 60.7 Å². The number of hydrogen-bond acceptors (Lipinski definition) is 3. The predicted molar refractivity (Wildman–Crippen MR) is 233 cm³/mol. The van der Waals surface area contributed by atoms with Crippen LogP contribution in [0.5, 0.6) is 0 Å². The normalized spacial score (nSPS) is 11.2.